The predicted molar refractivity (Wildman–Crippen MR) is 29.1 cm³/mol. The van der Waals surface area contributed by atoms with Crippen LogP contribution >= 0.6 is 0 Å². The third-order valence-corrected chi connectivity index (χ3v) is 1.14. The number of H-pyrrole nitrogens is 1. The van der Waals surface area contributed by atoms with E-state index in [0.29, 0.717) is 0 Å². The van der Waals surface area contributed by atoms with E-state index >= 15 is 0 Å². The summed E-state index contributed by atoms with van der Waals surface area (Å²) < 4.78 is 0. The molecule has 0 spiro atoms. The summed E-state index contributed by atoms with van der Waals surface area (Å²) >= 11 is 0. The summed E-state index contributed by atoms with van der Waals surface area (Å²) in [5.41, 5.74) is 2.49. The van der Waals surface area contributed by atoms with Gasteiger partial charge in [0.05, 0.1) is 0 Å². The summed E-state index contributed by atoms with van der Waals surface area (Å²) in [5.74, 6) is 0. The van der Waals surface area contributed by atoms with Crippen molar-refractivity contribution in [1.29, 1.82) is 0 Å². The van der Waals surface area contributed by atoms with E-state index in [1.54, 1.807) is 0 Å². The van der Waals surface area contributed by atoms with Crippen molar-refractivity contribution in [2.45, 2.75) is 13.8 Å². The molecule has 0 aliphatic heterocycles. The monoisotopic (exact) mass is 196 g/mol. The Bertz CT molecular complexity index is 141. The molecule has 8 heavy (non-hydrogen) atoms. The quantitative estimate of drug-likeness (QED) is 0.476. The Labute approximate surface area is 62.3 Å². The number of aromatic amines is 1. The van der Waals surface area contributed by atoms with Gasteiger partial charge in [0, 0.05) is 0 Å². The van der Waals surface area contributed by atoms with Crippen LogP contribution in [0.15, 0.2) is 6.20 Å². The van der Waals surface area contributed by atoms with Crippen LogP contribution in [0, 0.1) is 20.0 Å². The number of aryl methyl sites for hydroxylation is 2. The number of rotatable bonds is 0. The molecular weight excluding hydrogens is 187 g/mol. The fraction of sp³-hybridized carbons (Fsp3) is 0.333. The molecule has 1 N–H and O–H groups in total. The van der Waals surface area contributed by atoms with E-state index in [9.17, 15) is 0 Å². The largest absolute Gasteiger partial charge is 1.00 e. The molecule has 1 rings (SSSR count). The molecule has 0 saturated heterocycles. The molecule has 0 aromatic carbocycles. The molecule has 2 heteroatoms. The molecule has 0 atom stereocenters. The third kappa shape index (κ3) is 1.45. The van der Waals surface area contributed by atoms with Crippen LogP contribution in [0.3, 0.4) is 0 Å². The maximum atomic E-state index is 2.94. The number of aromatic nitrogens is 1. The summed E-state index contributed by atoms with van der Waals surface area (Å²) in [7, 11) is 0. The van der Waals surface area contributed by atoms with E-state index < -0.39 is 0 Å². The zero-order valence-electron chi connectivity index (χ0n) is 4.93. The first-order valence-electron chi connectivity index (χ1n) is 2.33. The van der Waals surface area contributed by atoms with Crippen LogP contribution in [0.25, 0.3) is 0 Å². The van der Waals surface area contributed by atoms with Gasteiger partial charge >= 0.3 is 19.5 Å². The Morgan fingerprint density at radius 2 is 2.12 bits per heavy atom. The van der Waals surface area contributed by atoms with Crippen molar-refractivity contribution in [2.24, 2.45) is 0 Å². The van der Waals surface area contributed by atoms with Gasteiger partial charge in [-0.25, -0.2) is 0 Å². The fourth-order valence-corrected chi connectivity index (χ4v) is 0.459. The van der Waals surface area contributed by atoms with Gasteiger partial charge in [-0.1, -0.05) is 13.8 Å². The van der Waals surface area contributed by atoms with Crippen molar-refractivity contribution >= 4 is 0 Å². The van der Waals surface area contributed by atoms with E-state index in [4.69, 9.17) is 0 Å². The predicted octanol–water partition coefficient (Wildman–Crippen LogP) is 1.43. The van der Waals surface area contributed by atoms with Gasteiger partial charge in [-0.2, -0.15) is 11.1 Å². The van der Waals surface area contributed by atoms with Gasteiger partial charge in [-0.05, 0) is 0 Å². The van der Waals surface area contributed by atoms with Crippen LogP contribution in [-0.2, 0) is 19.5 Å². The van der Waals surface area contributed by atoms with E-state index in [1.165, 1.54) is 11.1 Å². The normalized spacial score (nSPS) is 8.25. The van der Waals surface area contributed by atoms with Gasteiger partial charge in [-0.15, -0.1) is 12.4 Å². The van der Waals surface area contributed by atoms with Crippen LogP contribution in [0.1, 0.15) is 11.1 Å². The van der Waals surface area contributed by atoms with Gasteiger partial charge in [0.25, 0.3) is 0 Å². The van der Waals surface area contributed by atoms with E-state index in [-0.39, 0.29) is 19.5 Å². The van der Waals surface area contributed by atoms with E-state index in [0.717, 1.165) is 0 Å². The molecule has 1 aromatic heterocycles. The van der Waals surface area contributed by atoms with Gasteiger partial charge in [0.1, 0.15) is 0 Å². The average Bonchev–Trinajstić information content (AvgIpc) is 1.91. The molecule has 0 saturated carbocycles. The van der Waals surface area contributed by atoms with Crippen molar-refractivity contribution in [2.75, 3.05) is 0 Å². The minimum absolute atomic E-state index is 0. The van der Waals surface area contributed by atoms with Crippen molar-refractivity contribution in [3.8, 4) is 0 Å². The average molecular weight is 195 g/mol. The zero-order chi connectivity index (χ0) is 5.28. The Kier molecular flexibility index (Phi) is 3.00. The molecule has 1 heterocycles. The topological polar surface area (TPSA) is 15.8 Å². The van der Waals surface area contributed by atoms with Gasteiger partial charge in [0.2, 0.25) is 0 Å². The number of hydrogen-bond donors (Lipinski definition) is 1. The molecule has 1 aromatic rings. The van der Waals surface area contributed by atoms with E-state index in [1.807, 2.05) is 13.1 Å². The first-order chi connectivity index (χ1) is 3.30. The molecular formula is C6H8NRu. The Balaban J connectivity index is 0.000000490. The molecule has 0 amide bonds. The van der Waals surface area contributed by atoms with Gasteiger partial charge in [-0.3, -0.25) is 0 Å². The van der Waals surface area contributed by atoms with Crippen LogP contribution in [-0.4, -0.2) is 4.98 Å². The second-order valence-electron chi connectivity index (χ2n) is 1.72. The summed E-state index contributed by atoms with van der Waals surface area (Å²) in [6.07, 6.45) is 4.88. The smallest absolute Gasteiger partial charge is 0.484 e. The van der Waals surface area contributed by atoms with Gasteiger partial charge in [0.15, 0.2) is 0 Å². The molecule has 0 aliphatic carbocycles. The van der Waals surface area contributed by atoms with Crippen molar-refractivity contribution in [3.63, 3.8) is 0 Å². The number of hydrogen-bond acceptors (Lipinski definition) is 0. The minimum Gasteiger partial charge on any atom is -0.484 e. The molecule has 0 unspecified atom stereocenters. The van der Waals surface area contributed by atoms with Crippen LogP contribution < -0.4 is 0 Å². The summed E-state index contributed by atoms with van der Waals surface area (Å²) in [4.78, 5) is 2.87. The van der Waals surface area contributed by atoms with Crippen molar-refractivity contribution < 1.29 is 19.5 Å². The zero-order valence-corrected chi connectivity index (χ0v) is 6.67. The van der Waals surface area contributed by atoms with Crippen molar-refractivity contribution in [1.82, 2.24) is 4.98 Å². The molecule has 0 fully saturated rings. The van der Waals surface area contributed by atoms with Crippen LogP contribution in [0.4, 0.5) is 0 Å². The summed E-state index contributed by atoms with van der Waals surface area (Å²) in [6.45, 7) is 4.09. The van der Waals surface area contributed by atoms with Crippen molar-refractivity contribution in [3.05, 3.63) is 23.5 Å². The summed E-state index contributed by atoms with van der Waals surface area (Å²) in [6, 6.07) is 0. The van der Waals surface area contributed by atoms with E-state index in [2.05, 4.69) is 18.1 Å². The maximum absolute atomic E-state index is 2.94. The Morgan fingerprint density at radius 3 is 2.25 bits per heavy atom. The first kappa shape index (κ1) is 7.90. The molecule has 1 radical (unpaired) electrons. The standard InChI is InChI=1S/C6H8N.Ru/c1-5-3-7-4-6(5)2;/h3,7H,1-2H3;/q-1;+1. The van der Waals surface area contributed by atoms with Crippen LogP contribution in [0.2, 0.25) is 0 Å². The van der Waals surface area contributed by atoms with Gasteiger partial charge < -0.3 is 4.98 Å². The Morgan fingerprint density at radius 1 is 1.50 bits per heavy atom. The second-order valence-corrected chi connectivity index (χ2v) is 1.72. The first-order valence-corrected chi connectivity index (χ1v) is 2.33. The number of nitrogens with one attached hydrogen (secondary N) is 1. The molecule has 1 nitrogen and oxygen atoms in total. The fourth-order valence-electron chi connectivity index (χ4n) is 0.459. The Hall–Kier alpha value is -0.0966. The molecule has 0 aliphatic rings. The third-order valence-electron chi connectivity index (χ3n) is 1.14. The van der Waals surface area contributed by atoms with Crippen LogP contribution in [0.5, 0.6) is 0 Å². The second kappa shape index (κ2) is 3.03. The SMILES string of the molecule is Cc1[c-][nH]cc1C.[Ru+]. The molecule has 45 valence electrons. The molecule has 0 bridgehead atoms. The minimum atomic E-state index is 0. The maximum Gasteiger partial charge on any atom is 1.00 e. The summed E-state index contributed by atoms with van der Waals surface area (Å²) in [5, 5.41) is 0.